The zero-order chi connectivity index (χ0) is 23.5. The number of rotatable bonds is 10. The Balaban J connectivity index is 1.41. The van der Waals surface area contributed by atoms with Gasteiger partial charge in [-0.15, -0.1) is 0 Å². The zero-order valence-corrected chi connectivity index (χ0v) is 18.5. The molecule has 3 aromatic rings. The number of hydrazone groups is 1. The van der Waals surface area contributed by atoms with Crippen molar-refractivity contribution in [1.29, 1.82) is 0 Å². The van der Waals surface area contributed by atoms with Crippen molar-refractivity contribution in [2.75, 3.05) is 25.6 Å². The molecule has 2 amide bonds. The number of nitrogens with zero attached hydrogens (tertiary/aromatic N) is 1. The van der Waals surface area contributed by atoms with E-state index in [1.165, 1.54) is 13.3 Å². The highest BCUT2D eigenvalue weighted by atomic mass is 35.5. The number of ether oxygens (including phenoxy) is 3. The summed E-state index contributed by atoms with van der Waals surface area (Å²) in [7, 11) is 1.53. The summed E-state index contributed by atoms with van der Waals surface area (Å²) in [5, 5.41) is 7.04. The van der Waals surface area contributed by atoms with Crippen LogP contribution in [0.5, 0.6) is 17.2 Å². The van der Waals surface area contributed by atoms with Gasteiger partial charge in [0.25, 0.3) is 11.8 Å². The van der Waals surface area contributed by atoms with Crippen LogP contribution in [0.25, 0.3) is 0 Å². The van der Waals surface area contributed by atoms with Crippen molar-refractivity contribution >= 4 is 35.3 Å². The van der Waals surface area contributed by atoms with E-state index in [-0.39, 0.29) is 19.1 Å². The normalized spacial score (nSPS) is 10.5. The van der Waals surface area contributed by atoms with Gasteiger partial charge < -0.3 is 19.5 Å². The van der Waals surface area contributed by atoms with Crippen molar-refractivity contribution in [2.24, 2.45) is 5.10 Å². The number of hydrogen-bond acceptors (Lipinski definition) is 6. The lowest BCUT2D eigenvalue weighted by atomic mass is 10.2. The van der Waals surface area contributed by atoms with Gasteiger partial charge in [-0.25, -0.2) is 5.43 Å². The fourth-order valence-electron chi connectivity index (χ4n) is 2.64. The second-order valence-electron chi connectivity index (χ2n) is 6.62. The van der Waals surface area contributed by atoms with Crippen molar-refractivity contribution in [3.8, 4) is 17.2 Å². The molecular formula is C24H22ClN3O5. The Morgan fingerprint density at radius 3 is 2.27 bits per heavy atom. The third-order valence-electron chi connectivity index (χ3n) is 4.23. The van der Waals surface area contributed by atoms with Crippen molar-refractivity contribution < 1.29 is 23.8 Å². The molecule has 8 nitrogen and oxygen atoms in total. The van der Waals surface area contributed by atoms with Crippen LogP contribution in [0.3, 0.4) is 0 Å². The number of nitrogens with one attached hydrogen (secondary N) is 2. The average Bonchev–Trinajstić information content (AvgIpc) is 2.84. The fourth-order valence-corrected chi connectivity index (χ4v) is 2.82. The fraction of sp³-hybridized carbons (Fsp3) is 0.125. The molecule has 0 heterocycles. The van der Waals surface area contributed by atoms with Crippen LogP contribution in [0.2, 0.25) is 5.02 Å². The van der Waals surface area contributed by atoms with Crippen LogP contribution < -0.4 is 25.0 Å². The van der Waals surface area contributed by atoms with Gasteiger partial charge in [0.15, 0.2) is 24.7 Å². The molecule has 170 valence electrons. The van der Waals surface area contributed by atoms with E-state index < -0.39 is 5.91 Å². The molecule has 0 bridgehead atoms. The van der Waals surface area contributed by atoms with Gasteiger partial charge in [-0.1, -0.05) is 35.9 Å². The summed E-state index contributed by atoms with van der Waals surface area (Å²) in [4.78, 5) is 23.9. The van der Waals surface area contributed by atoms with Gasteiger partial charge in [0.05, 0.1) is 24.0 Å². The number of amides is 2. The molecule has 0 aliphatic carbocycles. The summed E-state index contributed by atoms with van der Waals surface area (Å²) in [6.45, 7) is -0.373. The van der Waals surface area contributed by atoms with E-state index in [1.807, 2.05) is 6.07 Å². The lowest BCUT2D eigenvalue weighted by molar-refractivity contribution is -0.123. The maximum atomic E-state index is 12.0. The monoisotopic (exact) mass is 467 g/mol. The number of carbonyl (C=O) groups excluding carboxylic acids is 2. The number of methoxy groups -OCH3 is 1. The molecule has 0 unspecified atom stereocenters. The van der Waals surface area contributed by atoms with E-state index in [2.05, 4.69) is 15.8 Å². The van der Waals surface area contributed by atoms with Gasteiger partial charge in [0.1, 0.15) is 5.75 Å². The number of para-hydroxylation sites is 3. The van der Waals surface area contributed by atoms with Crippen molar-refractivity contribution in [3.63, 3.8) is 0 Å². The molecule has 0 spiro atoms. The van der Waals surface area contributed by atoms with Gasteiger partial charge in [0.2, 0.25) is 0 Å². The predicted molar refractivity (Wildman–Crippen MR) is 126 cm³/mol. The van der Waals surface area contributed by atoms with E-state index >= 15 is 0 Å². The van der Waals surface area contributed by atoms with Gasteiger partial charge in [0, 0.05) is 0 Å². The summed E-state index contributed by atoms with van der Waals surface area (Å²) in [6, 6.07) is 20.8. The van der Waals surface area contributed by atoms with E-state index in [0.717, 1.165) is 5.56 Å². The lowest BCUT2D eigenvalue weighted by Gasteiger charge is -2.09. The van der Waals surface area contributed by atoms with Gasteiger partial charge in [-0.05, 0) is 54.1 Å². The maximum absolute atomic E-state index is 12.0. The standard InChI is InChI=1S/C24H22ClN3O5/c1-31-21-8-4-5-9-22(21)33-16-24(30)28-26-14-17-10-12-18(13-11-17)32-15-23(29)27-20-7-3-2-6-19(20)25/h2-14H,15-16H2,1H3,(H,27,29)(H,28,30)/b26-14+. The molecule has 0 aliphatic heterocycles. The van der Waals surface area contributed by atoms with Crippen molar-refractivity contribution in [3.05, 3.63) is 83.4 Å². The minimum absolute atomic E-state index is 0.166. The summed E-state index contributed by atoms with van der Waals surface area (Å²) in [5.41, 5.74) is 3.64. The average molecular weight is 468 g/mol. The molecule has 3 aromatic carbocycles. The van der Waals surface area contributed by atoms with Gasteiger partial charge in [-0.2, -0.15) is 5.10 Å². The van der Waals surface area contributed by atoms with Crippen LogP contribution in [0.1, 0.15) is 5.56 Å². The highest BCUT2D eigenvalue weighted by Crippen LogP contribution is 2.25. The molecule has 9 heteroatoms. The summed E-state index contributed by atoms with van der Waals surface area (Å²) >= 11 is 6.02. The van der Waals surface area contributed by atoms with Gasteiger partial charge >= 0.3 is 0 Å². The van der Waals surface area contributed by atoms with Crippen molar-refractivity contribution in [2.45, 2.75) is 0 Å². The van der Waals surface area contributed by atoms with Crippen LogP contribution in [-0.4, -0.2) is 38.4 Å². The Morgan fingerprint density at radius 2 is 1.55 bits per heavy atom. The Kier molecular flexibility index (Phi) is 8.67. The first-order valence-electron chi connectivity index (χ1n) is 9.90. The second kappa shape index (κ2) is 12.1. The van der Waals surface area contributed by atoms with E-state index in [1.54, 1.807) is 66.7 Å². The third-order valence-corrected chi connectivity index (χ3v) is 4.56. The number of hydrogen-bond donors (Lipinski definition) is 2. The van der Waals surface area contributed by atoms with Crippen LogP contribution in [0, 0.1) is 0 Å². The zero-order valence-electron chi connectivity index (χ0n) is 17.8. The first-order valence-corrected chi connectivity index (χ1v) is 10.3. The highest BCUT2D eigenvalue weighted by Gasteiger charge is 2.07. The minimum atomic E-state index is -0.415. The maximum Gasteiger partial charge on any atom is 0.277 e. The van der Waals surface area contributed by atoms with Gasteiger partial charge in [-0.3, -0.25) is 9.59 Å². The molecule has 0 aliphatic rings. The molecule has 0 atom stereocenters. The topological polar surface area (TPSA) is 98.2 Å². The van der Waals surface area contributed by atoms with Crippen LogP contribution in [0.4, 0.5) is 5.69 Å². The molecule has 0 fully saturated rings. The Morgan fingerprint density at radius 1 is 0.879 bits per heavy atom. The largest absolute Gasteiger partial charge is 0.493 e. The molecule has 0 saturated carbocycles. The van der Waals surface area contributed by atoms with E-state index in [9.17, 15) is 9.59 Å². The Labute approximate surface area is 196 Å². The summed E-state index contributed by atoms with van der Waals surface area (Å²) < 4.78 is 16.1. The molecular weight excluding hydrogens is 446 g/mol. The summed E-state index contributed by atoms with van der Waals surface area (Å²) in [5.74, 6) is 0.775. The molecule has 3 rings (SSSR count). The minimum Gasteiger partial charge on any atom is -0.493 e. The predicted octanol–water partition coefficient (Wildman–Crippen LogP) is 3.90. The first-order chi connectivity index (χ1) is 16.0. The molecule has 0 radical (unpaired) electrons. The van der Waals surface area contributed by atoms with Crippen LogP contribution >= 0.6 is 11.6 Å². The first kappa shape index (κ1) is 23.6. The Bertz CT molecular complexity index is 1120. The molecule has 0 saturated heterocycles. The molecule has 33 heavy (non-hydrogen) atoms. The lowest BCUT2D eigenvalue weighted by Crippen LogP contribution is -2.24. The van der Waals surface area contributed by atoms with E-state index in [4.69, 9.17) is 25.8 Å². The number of halogens is 1. The van der Waals surface area contributed by atoms with Crippen molar-refractivity contribution in [1.82, 2.24) is 5.43 Å². The number of carbonyl (C=O) groups is 2. The Hall–Kier alpha value is -4.04. The third kappa shape index (κ3) is 7.55. The SMILES string of the molecule is COc1ccccc1OCC(=O)N/N=C/c1ccc(OCC(=O)Nc2ccccc2Cl)cc1. The smallest absolute Gasteiger partial charge is 0.277 e. The number of anilines is 1. The number of benzene rings is 3. The highest BCUT2D eigenvalue weighted by molar-refractivity contribution is 6.33. The molecule has 0 aromatic heterocycles. The van der Waals surface area contributed by atoms with Crippen LogP contribution in [0.15, 0.2) is 77.9 Å². The second-order valence-corrected chi connectivity index (χ2v) is 7.03. The summed E-state index contributed by atoms with van der Waals surface area (Å²) in [6.07, 6.45) is 1.48. The van der Waals surface area contributed by atoms with Crippen LogP contribution in [-0.2, 0) is 9.59 Å². The van der Waals surface area contributed by atoms with E-state index in [0.29, 0.717) is 28.0 Å². The quantitative estimate of drug-likeness (QED) is 0.348. The molecule has 2 N–H and O–H groups in total.